The second kappa shape index (κ2) is 6.01. The van der Waals surface area contributed by atoms with Crippen LogP contribution in [0.2, 0.25) is 0 Å². The van der Waals surface area contributed by atoms with Crippen LogP contribution >= 0.6 is 0 Å². The minimum atomic E-state index is -0.308. The predicted octanol–water partition coefficient (Wildman–Crippen LogP) is 3.68. The lowest BCUT2D eigenvalue weighted by molar-refractivity contribution is 0.414. The van der Waals surface area contributed by atoms with Crippen molar-refractivity contribution in [3.8, 4) is 11.8 Å². The normalized spacial score (nSPS) is 11.6. The van der Waals surface area contributed by atoms with Crippen molar-refractivity contribution < 1.29 is 9.13 Å². The summed E-state index contributed by atoms with van der Waals surface area (Å²) in [7, 11) is 1.59. The Hall–Kier alpha value is -2.34. The molecule has 0 aliphatic heterocycles. The molecule has 2 aromatic carbocycles. The average Bonchev–Trinajstić information content (AvgIpc) is 2.45. The molecule has 0 bridgehead atoms. The number of hydrogen-bond acceptors (Lipinski definition) is 2. The van der Waals surface area contributed by atoms with E-state index in [1.807, 2.05) is 30.3 Å². The van der Waals surface area contributed by atoms with Crippen molar-refractivity contribution in [3.63, 3.8) is 0 Å². The highest BCUT2D eigenvalue weighted by Gasteiger charge is 2.12. The fourth-order valence-corrected chi connectivity index (χ4v) is 2.00. The van der Waals surface area contributed by atoms with Crippen molar-refractivity contribution in [2.24, 2.45) is 0 Å². The van der Waals surface area contributed by atoms with Gasteiger partial charge in [-0.15, -0.1) is 0 Å². The molecule has 2 nitrogen and oxygen atoms in total. The van der Waals surface area contributed by atoms with Crippen LogP contribution in [0.1, 0.15) is 17.0 Å². The second-order valence-corrected chi connectivity index (χ2v) is 4.29. The zero-order valence-electron chi connectivity index (χ0n) is 10.6. The lowest BCUT2D eigenvalue weighted by Crippen LogP contribution is -2.01. The van der Waals surface area contributed by atoms with E-state index in [0.29, 0.717) is 6.42 Å². The molecule has 3 heteroatoms. The highest BCUT2D eigenvalue weighted by atomic mass is 19.1. The van der Waals surface area contributed by atoms with Crippen LogP contribution < -0.4 is 4.74 Å². The first kappa shape index (κ1) is 13.1. The Morgan fingerprint density at radius 2 is 2.00 bits per heavy atom. The van der Waals surface area contributed by atoms with Gasteiger partial charge < -0.3 is 4.74 Å². The molecule has 2 aromatic rings. The number of halogens is 1. The quantitative estimate of drug-likeness (QED) is 0.834. The van der Waals surface area contributed by atoms with E-state index in [-0.39, 0.29) is 11.7 Å². The summed E-state index contributed by atoms with van der Waals surface area (Å²) in [6.45, 7) is 0. The van der Waals surface area contributed by atoms with Gasteiger partial charge in [0.1, 0.15) is 11.6 Å². The van der Waals surface area contributed by atoms with Gasteiger partial charge in [0.05, 0.1) is 19.1 Å². The molecule has 19 heavy (non-hydrogen) atoms. The van der Waals surface area contributed by atoms with E-state index in [1.54, 1.807) is 13.2 Å². The first-order valence-corrected chi connectivity index (χ1v) is 6.01. The number of ether oxygens (including phenoxy) is 1. The summed E-state index contributed by atoms with van der Waals surface area (Å²) in [6, 6.07) is 16.0. The predicted molar refractivity (Wildman–Crippen MR) is 71.5 cm³/mol. The molecule has 2 rings (SSSR count). The Bertz CT molecular complexity index is 604. The second-order valence-electron chi connectivity index (χ2n) is 4.29. The van der Waals surface area contributed by atoms with E-state index in [0.717, 1.165) is 16.9 Å². The Balaban J connectivity index is 2.23. The van der Waals surface area contributed by atoms with Crippen molar-refractivity contribution in [3.05, 3.63) is 65.5 Å². The van der Waals surface area contributed by atoms with E-state index in [4.69, 9.17) is 4.74 Å². The SMILES string of the molecule is COc1cccc(C(C#N)Cc2cccc(F)c2)c1. The molecular weight excluding hydrogens is 241 g/mol. The van der Waals surface area contributed by atoms with Crippen molar-refractivity contribution in [1.82, 2.24) is 0 Å². The smallest absolute Gasteiger partial charge is 0.123 e. The number of methoxy groups -OCH3 is 1. The maximum Gasteiger partial charge on any atom is 0.123 e. The first-order chi connectivity index (χ1) is 9.22. The number of nitrogens with zero attached hydrogens (tertiary/aromatic N) is 1. The van der Waals surface area contributed by atoms with Crippen molar-refractivity contribution in [2.45, 2.75) is 12.3 Å². The maximum absolute atomic E-state index is 13.1. The van der Waals surface area contributed by atoms with E-state index in [2.05, 4.69) is 6.07 Å². The molecule has 1 unspecified atom stereocenters. The van der Waals surface area contributed by atoms with Gasteiger partial charge in [-0.2, -0.15) is 5.26 Å². The summed E-state index contributed by atoms with van der Waals surface area (Å²) < 4.78 is 18.3. The Morgan fingerprint density at radius 1 is 1.21 bits per heavy atom. The van der Waals surface area contributed by atoms with Crippen molar-refractivity contribution >= 4 is 0 Å². The van der Waals surface area contributed by atoms with Gasteiger partial charge in [0.2, 0.25) is 0 Å². The summed E-state index contributed by atoms with van der Waals surface area (Å²) in [5, 5.41) is 9.29. The van der Waals surface area contributed by atoms with Gasteiger partial charge in [0.15, 0.2) is 0 Å². The number of benzene rings is 2. The molecule has 0 heterocycles. The summed E-state index contributed by atoms with van der Waals surface area (Å²) in [6.07, 6.45) is 0.488. The standard InChI is InChI=1S/C16H14FNO/c1-19-16-7-3-5-13(10-16)14(11-18)8-12-4-2-6-15(17)9-12/h2-7,9-10,14H,8H2,1H3. The zero-order chi connectivity index (χ0) is 13.7. The number of nitriles is 1. The molecule has 96 valence electrons. The molecule has 0 aliphatic rings. The zero-order valence-corrected chi connectivity index (χ0v) is 10.6. The highest BCUT2D eigenvalue weighted by molar-refractivity contribution is 5.35. The lowest BCUT2D eigenvalue weighted by atomic mass is 9.93. The largest absolute Gasteiger partial charge is 0.497 e. The van der Waals surface area contributed by atoms with Gasteiger partial charge in [-0.05, 0) is 41.8 Å². The third-order valence-corrected chi connectivity index (χ3v) is 2.98. The molecular formula is C16H14FNO. The lowest BCUT2D eigenvalue weighted by Gasteiger charge is -2.11. The molecule has 1 atom stereocenters. The van der Waals surface area contributed by atoms with Crippen LogP contribution in [-0.4, -0.2) is 7.11 Å². The van der Waals surface area contributed by atoms with Gasteiger partial charge in [-0.3, -0.25) is 0 Å². The van der Waals surface area contributed by atoms with E-state index >= 15 is 0 Å². The van der Waals surface area contributed by atoms with Crippen LogP contribution in [-0.2, 0) is 6.42 Å². The summed E-state index contributed by atoms with van der Waals surface area (Å²) in [5.74, 6) is 0.133. The number of rotatable bonds is 4. The van der Waals surface area contributed by atoms with Crippen LogP contribution in [0.25, 0.3) is 0 Å². The molecule has 0 amide bonds. The topological polar surface area (TPSA) is 33.0 Å². The summed E-state index contributed by atoms with van der Waals surface area (Å²) in [5.41, 5.74) is 1.69. The molecule has 0 spiro atoms. The molecule has 0 saturated carbocycles. The van der Waals surface area contributed by atoms with Crippen LogP contribution in [0.15, 0.2) is 48.5 Å². The third-order valence-electron chi connectivity index (χ3n) is 2.98. The Labute approximate surface area is 112 Å². The average molecular weight is 255 g/mol. The minimum absolute atomic E-state index is 0.278. The molecule has 0 aromatic heterocycles. The molecule has 0 N–H and O–H groups in total. The van der Waals surface area contributed by atoms with Crippen molar-refractivity contribution in [1.29, 1.82) is 5.26 Å². The Kier molecular flexibility index (Phi) is 4.15. The van der Waals surface area contributed by atoms with Crippen LogP contribution in [0.5, 0.6) is 5.75 Å². The monoisotopic (exact) mass is 255 g/mol. The van der Waals surface area contributed by atoms with Crippen LogP contribution in [0.4, 0.5) is 4.39 Å². The summed E-state index contributed by atoms with van der Waals surface area (Å²) in [4.78, 5) is 0. The minimum Gasteiger partial charge on any atom is -0.497 e. The fourth-order valence-electron chi connectivity index (χ4n) is 2.00. The van der Waals surface area contributed by atoms with Crippen LogP contribution in [0.3, 0.4) is 0 Å². The van der Waals surface area contributed by atoms with Gasteiger partial charge in [0.25, 0.3) is 0 Å². The molecule has 0 radical (unpaired) electrons. The third kappa shape index (κ3) is 3.32. The number of hydrogen-bond donors (Lipinski definition) is 0. The van der Waals surface area contributed by atoms with Gasteiger partial charge >= 0.3 is 0 Å². The molecule has 0 aliphatic carbocycles. The maximum atomic E-state index is 13.1. The van der Waals surface area contributed by atoms with E-state index in [9.17, 15) is 9.65 Å². The first-order valence-electron chi connectivity index (χ1n) is 6.01. The summed E-state index contributed by atoms with van der Waals surface area (Å²) >= 11 is 0. The molecule has 0 fully saturated rings. The van der Waals surface area contributed by atoms with Gasteiger partial charge in [0, 0.05) is 0 Å². The molecule has 0 saturated heterocycles. The van der Waals surface area contributed by atoms with E-state index < -0.39 is 0 Å². The van der Waals surface area contributed by atoms with Gasteiger partial charge in [-0.1, -0.05) is 24.3 Å². The Morgan fingerprint density at radius 3 is 2.68 bits per heavy atom. The van der Waals surface area contributed by atoms with Gasteiger partial charge in [-0.25, -0.2) is 4.39 Å². The highest BCUT2D eigenvalue weighted by Crippen LogP contribution is 2.24. The van der Waals surface area contributed by atoms with Crippen molar-refractivity contribution in [2.75, 3.05) is 7.11 Å². The van der Waals surface area contributed by atoms with E-state index in [1.165, 1.54) is 12.1 Å². The fraction of sp³-hybridized carbons (Fsp3) is 0.188. The van der Waals surface area contributed by atoms with Crippen LogP contribution in [0, 0.1) is 17.1 Å².